The lowest BCUT2D eigenvalue weighted by atomic mass is 10.1. The van der Waals surface area contributed by atoms with E-state index in [-0.39, 0.29) is 0 Å². The Morgan fingerprint density at radius 3 is 2.00 bits per heavy atom. The highest BCUT2D eigenvalue weighted by atomic mass is 16.5. The molecule has 1 atom stereocenters. The van der Waals surface area contributed by atoms with Crippen molar-refractivity contribution in [3.05, 3.63) is 78.9 Å². The predicted molar refractivity (Wildman–Crippen MR) is 110 cm³/mol. The van der Waals surface area contributed by atoms with Crippen LogP contribution in [0.5, 0.6) is 17.2 Å². The summed E-state index contributed by atoms with van der Waals surface area (Å²) < 4.78 is 11.8. The van der Waals surface area contributed by atoms with Crippen molar-refractivity contribution in [2.24, 2.45) is 0 Å². The van der Waals surface area contributed by atoms with Crippen molar-refractivity contribution < 1.29 is 9.47 Å². The molecule has 0 aliphatic carbocycles. The lowest BCUT2D eigenvalue weighted by Crippen LogP contribution is -2.38. The first-order chi connectivity index (χ1) is 13.4. The molecule has 1 N–H and O–H groups in total. The Morgan fingerprint density at radius 2 is 1.33 bits per heavy atom. The van der Waals surface area contributed by atoms with E-state index in [1.54, 1.807) is 0 Å². The van der Waals surface area contributed by atoms with Crippen LogP contribution in [0.4, 0.5) is 0 Å². The monoisotopic (exact) mass is 359 g/mol. The van der Waals surface area contributed by atoms with Gasteiger partial charge in [0.1, 0.15) is 23.9 Å². The highest BCUT2D eigenvalue weighted by molar-refractivity contribution is 5.64. The van der Waals surface area contributed by atoms with Crippen LogP contribution in [0.2, 0.25) is 0 Å². The number of ether oxygens (including phenoxy) is 2. The van der Waals surface area contributed by atoms with Crippen LogP contribution in [0, 0.1) is 0 Å². The zero-order valence-electron chi connectivity index (χ0n) is 15.4. The number of hydrogen-bond donors (Lipinski definition) is 1. The summed E-state index contributed by atoms with van der Waals surface area (Å²) in [5.74, 6) is 2.52. The van der Waals surface area contributed by atoms with Gasteiger partial charge in [-0.05, 0) is 66.9 Å². The molecule has 1 aliphatic heterocycles. The fourth-order valence-electron chi connectivity index (χ4n) is 3.35. The lowest BCUT2D eigenvalue weighted by Gasteiger charge is -2.23. The fourth-order valence-corrected chi connectivity index (χ4v) is 3.35. The number of piperidine rings is 1. The smallest absolute Gasteiger partial charge is 0.127 e. The summed E-state index contributed by atoms with van der Waals surface area (Å²) >= 11 is 0. The Kier molecular flexibility index (Phi) is 5.70. The van der Waals surface area contributed by atoms with E-state index in [4.69, 9.17) is 9.47 Å². The highest BCUT2D eigenvalue weighted by Crippen LogP contribution is 2.27. The van der Waals surface area contributed by atoms with Gasteiger partial charge in [0.05, 0.1) is 0 Å². The molecule has 0 radical (unpaired) electrons. The maximum absolute atomic E-state index is 5.95. The molecule has 3 aromatic rings. The molecule has 0 amide bonds. The maximum atomic E-state index is 5.95. The minimum absolute atomic E-state index is 0.470. The average Bonchev–Trinajstić information content (AvgIpc) is 2.75. The van der Waals surface area contributed by atoms with Crippen molar-refractivity contribution in [2.45, 2.75) is 25.3 Å². The zero-order valence-corrected chi connectivity index (χ0v) is 15.4. The van der Waals surface area contributed by atoms with Crippen molar-refractivity contribution in [1.29, 1.82) is 0 Å². The summed E-state index contributed by atoms with van der Waals surface area (Å²) in [6.07, 6.45) is 3.76. The molecule has 3 nitrogen and oxygen atoms in total. The van der Waals surface area contributed by atoms with Crippen LogP contribution >= 0.6 is 0 Å². The minimum Gasteiger partial charge on any atom is -0.492 e. The van der Waals surface area contributed by atoms with Crippen LogP contribution in [0.3, 0.4) is 0 Å². The summed E-state index contributed by atoms with van der Waals surface area (Å²) in [6, 6.07) is 26.8. The molecule has 3 aromatic carbocycles. The first-order valence-electron chi connectivity index (χ1n) is 9.66. The van der Waals surface area contributed by atoms with Gasteiger partial charge < -0.3 is 14.8 Å². The third kappa shape index (κ3) is 4.89. The molecule has 0 saturated carbocycles. The molecule has 0 bridgehead atoms. The summed E-state index contributed by atoms with van der Waals surface area (Å²) in [4.78, 5) is 0. The van der Waals surface area contributed by atoms with Crippen molar-refractivity contribution >= 4 is 0 Å². The minimum atomic E-state index is 0.470. The molecular weight excluding hydrogens is 334 g/mol. The number of nitrogens with one attached hydrogen (secondary N) is 1. The van der Waals surface area contributed by atoms with Gasteiger partial charge in [-0.1, -0.05) is 48.9 Å². The van der Waals surface area contributed by atoms with Gasteiger partial charge in [0.2, 0.25) is 0 Å². The molecule has 0 aromatic heterocycles. The van der Waals surface area contributed by atoms with E-state index in [1.807, 2.05) is 54.6 Å². The van der Waals surface area contributed by atoms with Crippen LogP contribution in [0.15, 0.2) is 78.9 Å². The summed E-state index contributed by atoms with van der Waals surface area (Å²) in [6.45, 7) is 1.82. The van der Waals surface area contributed by atoms with E-state index in [9.17, 15) is 0 Å². The molecule has 4 rings (SSSR count). The second kappa shape index (κ2) is 8.74. The van der Waals surface area contributed by atoms with E-state index in [2.05, 4.69) is 29.6 Å². The summed E-state index contributed by atoms with van der Waals surface area (Å²) in [5.41, 5.74) is 2.39. The van der Waals surface area contributed by atoms with Crippen molar-refractivity contribution in [3.63, 3.8) is 0 Å². The van der Waals surface area contributed by atoms with Crippen molar-refractivity contribution in [2.75, 3.05) is 13.2 Å². The van der Waals surface area contributed by atoms with E-state index in [0.717, 1.165) is 30.4 Å². The number of rotatable bonds is 6. The SMILES string of the molecule is c1ccc(-c2ccc(Oc3ccc(OC[C@@H]4CCCCN4)cc3)cc2)cc1. The summed E-state index contributed by atoms with van der Waals surface area (Å²) in [7, 11) is 0. The number of hydrogen-bond acceptors (Lipinski definition) is 3. The van der Waals surface area contributed by atoms with E-state index in [1.165, 1.54) is 30.4 Å². The maximum Gasteiger partial charge on any atom is 0.127 e. The molecule has 3 heteroatoms. The van der Waals surface area contributed by atoms with Gasteiger partial charge in [-0.25, -0.2) is 0 Å². The Morgan fingerprint density at radius 1 is 0.704 bits per heavy atom. The standard InChI is InChI=1S/C24H25NO2/c1-2-6-19(7-3-1)20-9-11-23(12-10-20)27-24-15-13-22(14-16-24)26-18-21-8-4-5-17-25-21/h1-3,6-7,9-16,21,25H,4-5,8,17-18H2/t21-/m0/s1. The molecule has 0 unspecified atom stereocenters. The average molecular weight is 359 g/mol. The highest BCUT2D eigenvalue weighted by Gasteiger charge is 2.12. The van der Waals surface area contributed by atoms with E-state index >= 15 is 0 Å². The van der Waals surface area contributed by atoms with Crippen LogP contribution in [0.1, 0.15) is 19.3 Å². The largest absolute Gasteiger partial charge is 0.492 e. The second-order valence-corrected chi connectivity index (χ2v) is 6.92. The molecule has 1 aliphatic rings. The van der Waals surface area contributed by atoms with Gasteiger partial charge in [-0.15, -0.1) is 0 Å². The molecule has 1 fully saturated rings. The molecule has 138 valence electrons. The summed E-state index contributed by atoms with van der Waals surface area (Å²) in [5, 5.41) is 3.50. The van der Waals surface area contributed by atoms with Crippen molar-refractivity contribution in [1.82, 2.24) is 5.32 Å². The van der Waals surface area contributed by atoms with Crippen LogP contribution < -0.4 is 14.8 Å². The Bertz CT molecular complexity index is 823. The normalized spacial score (nSPS) is 16.7. The fraction of sp³-hybridized carbons (Fsp3) is 0.250. The van der Waals surface area contributed by atoms with E-state index < -0.39 is 0 Å². The predicted octanol–water partition coefficient (Wildman–Crippen LogP) is 5.67. The lowest BCUT2D eigenvalue weighted by molar-refractivity contribution is 0.239. The quantitative estimate of drug-likeness (QED) is 0.615. The molecule has 1 saturated heterocycles. The van der Waals surface area contributed by atoms with Gasteiger partial charge in [0, 0.05) is 6.04 Å². The topological polar surface area (TPSA) is 30.5 Å². The first-order valence-corrected chi connectivity index (χ1v) is 9.66. The van der Waals surface area contributed by atoms with Gasteiger partial charge in [-0.3, -0.25) is 0 Å². The Balaban J connectivity index is 1.32. The number of benzene rings is 3. The van der Waals surface area contributed by atoms with Gasteiger partial charge in [-0.2, -0.15) is 0 Å². The van der Waals surface area contributed by atoms with Crippen LogP contribution in [-0.2, 0) is 0 Å². The van der Waals surface area contributed by atoms with Gasteiger partial charge in [0.25, 0.3) is 0 Å². The third-order valence-corrected chi connectivity index (χ3v) is 4.88. The first kappa shape index (κ1) is 17.6. The van der Waals surface area contributed by atoms with Crippen LogP contribution in [0.25, 0.3) is 11.1 Å². The third-order valence-electron chi connectivity index (χ3n) is 4.88. The molecule has 1 heterocycles. The zero-order chi connectivity index (χ0) is 18.3. The van der Waals surface area contributed by atoms with Crippen molar-refractivity contribution in [3.8, 4) is 28.4 Å². The molecular formula is C24H25NO2. The van der Waals surface area contributed by atoms with Crippen LogP contribution in [-0.4, -0.2) is 19.2 Å². The second-order valence-electron chi connectivity index (χ2n) is 6.92. The molecule has 27 heavy (non-hydrogen) atoms. The van der Waals surface area contributed by atoms with Gasteiger partial charge >= 0.3 is 0 Å². The van der Waals surface area contributed by atoms with E-state index in [0.29, 0.717) is 6.04 Å². The Labute approximate surface area is 161 Å². The van der Waals surface area contributed by atoms with Gasteiger partial charge in [0.15, 0.2) is 0 Å². The Hall–Kier alpha value is -2.78. The molecule has 0 spiro atoms.